The van der Waals surface area contributed by atoms with Crippen molar-refractivity contribution in [1.82, 2.24) is 14.7 Å². The number of hydrogen-bond donors (Lipinski definition) is 0. The summed E-state index contributed by atoms with van der Waals surface area (Å²) in [6.07, 6.45) is 1.77. The standard InChI is InChI=1S/C18H29N3OS/c1-19-6-8-20(9-7-19)13-18-17-12-21(5-4-15(17)14-22-18)11-16-3-2-10-23-16/h2-3,10,15,17-18H,4-9,11-14H2,1H3/t15-,17-,18+/m0/s1. The van der Waals surface area contributed by atoms with E-state index in [1.807, 2.05) is 11.3 Å². The van der Waals surface area contributed by atoms with Crippen LogP contribution < -0.4 is 0 Å². The molecule has 0 bridgehead atoms. The SMILES string of the molecule is CN1CCN(C[C@H]2OC[C@@H]3CCN(Cc4cccs4)C[C@@H]32)CC1. The molecule has 0 N–H and O–H groups in total. The van der Waals surface area contributed by atoms with Gasteiger partial charge in [0, 0.05) is 56.6 Å². The third-order valence-corrected chi connectivity index (χ3v) is 6.75. The normalized spacial score (nSPS) is 33.9. The molecule has 4 rings (SSSR count). The van der Waals surface area contributed by atoms with E-state index in [4.69, 9.17) is 4.74 Å². The van der Waals surface area contributed by atoms with Crippen LogP contribution >= 0.6 is 11.3 Å². The molecule has 3 aliphatic rings. The van der Waals surface area contributed by atoms with Crippen molar-refractivity contribution in [3.05, 3.63) is 22.4 Å². The molecule has 0 radical (unpaired) electrons. The van der Waals surface area contributed by atoms with Crippen LogP contribution in [0.1, 0.15) is 11.3 Å². The zero-order valence-electron chi connectivity index (χ0n) is 14.2. The summed E-state index contributed by atoms with van der Waals surface area (Å²) in [5.74, 6) is 1.54. The molecule has 0 aliphatic carbocycles. The molecular formula is C18H29N3OS. The van der Waals surface area contributed by atoms with Crippen LogP contribution in [0.25, 0.3) is 0 Å². The summed E-state index contributed by atoms with van der Waals surface area (Å²) in [4.78, 5) is 9.19. The number of nitrogens with zero attached hydrogens (tertiary/aromatic N) is 3. The molecule has 128 valence electrons. The molecule has 0 aromatic carbocycles. The summed E-state index contributed by atoms with van der Waals surface area (Å²) in [7, 11) is 2.23. The first-order valence-electron chi connectivity index (χ1n) is 9.05. The number of piperidine rings is 1. The fraction of sp³-hybridized carbons (Fsp3) is 0.778. The van der Waals surface area contributed by atoms with Crippen LogP contribution in [0.4, 0.5) is 0 Å². The number of hydrogen-bond acceptors (Lipinski definition) is 5. The van der Waals surface area contributed by atoms with Crippen molar-refractivity contribution in [3.8, 4) is 0 Å². The van der Waals surface area contributed by atoms with Crippen LogP contribution in [0.3, 0.4) is 0 Å². The molecule has 4 heterocycles. The van der Waals surface area contributed by atoms with Gasteiger partial charge < -0.3 is 9.64 Å². The largest absolute Gasteiger partial charge is 0.376 e. The molecule has 0 saturated carbocycles. The third kappa shape index (κ3) is 3.80. The van der Waals surface area contributed by atoms with Gasteiger partial charge in [0.05, 0.1) is 12.7 Å². The van der Waals surface area contributed by atoms with Gasteiger partial charge in [0.1, 0.15) is 0 Å². The van der Waals surface area contributed by atoms with Crippen LogP contribution in [-0.4, -0.2) is 80.3 Å². The third-order valence-electron chi connectivity index (χ3n) is 5.89. The first-order chi connectivity index (χ1) is 11.3. The van der Waals surface area contributed by atoms with E-state index in [-0.39, 0.29) is 0 Å². The summed E-state index contributed by atoms with van der Waals surface area (Å²) in [5.41, 5.74) is 0. The molecule has 5 heteroatoms. The highest BCUT2D eigenvalue weighted by atomic mass is 32.1. The Hall–Kier alpha value is -0.460. The van der Waals surface area contributed by atoms with E-state index >= 15 is 0 Å². The molecule has 3 saturated heterocycles. The number of likely N-dealkylation sites (tertiary alicyclic amines) is 1. The molecule has 4 nitrogen and oxygen atoms in total. The van der Waals surface area contributed by atoms with E-state index in [0.717, 1.165) is 31.5 Å². The quantitative estimate of drug-likeness (QED) is 0.836. The lowest BCUT2D eigenvalue weighted by Gasteiger charge is -2.38. The fourth-order valence-corrected chi connectivity index (χ4v) is 5.09. The van der Waals surface area contributed by atoms with Crippen molar-refractivity contribution in [3.63, 3.8) is 0 Å². The molecule has 1 aromatic heterocycles. The van der Waals surface area contributed by atoms with Gasteiger partial charge in [-0.25, -0.2) is 0 Å². The first-order valence-corrected chi connectivity index (χ1v) is 9.93. The van der Waals surface area contributed by atoms with Gasteiger partial charge in [0.15, 0.2) is 0 Å². The van der Waals surface area contributed by atoms with Gasteiger partial charge in [0.25, 0.3) is 0 Å². The maximum Gasteiger partial charge on any atom is 0.0745 e. The van der Waals surface area contributed by atoms with Crippen LogP contribution in [0.2, 0.25) is 0 Å². The molecule has 1 aromatic rings. The lowest BCUT2D eigenvalue weighted by molar-refractivity contribution is 0.0298. The summed E-state index contributed by atoms with van der Waals surface area (Å²) < 4.78 is 6.23. The zero-order chi connectivity index (χ0) is 15.6. The average molecular weight is 336 g/mol. The van der Waals surface area contributed by atoms with Crippen LogP contribution in [0.5, 0.6) is 0 Å². The molecular weight excluding hydrogens is 306 g/mol. The second-order valence-electron chi connectivity index (χ2n) is 7.50. The first kappa shape index (κ1) is 16.0. The lowest BCUT2D eigenvalue weighted by atomic mass is 9.84. The fourth-order valence-electron chi connectivity index (χ4n) is 4.34. The smallest absolute Gasteiger partial charge is 0.0745 e. The number of likely N-dealkylation sites (N-methyl/N-ethyl adjacent to an activating group) is 1. The predicted molar refractivity (Wildman–Crippen MR) is 94.9 cm³/mol. The van der Waals surface area contributed by atoms with Crippen molar-refractivity contribution >= 4 is 11.3 Å². The van der Waals surface area contributed by atoms with Gasteiger partial charge in [-0.15, -0.1) is 11.3 Å². The molecule has 3 fully saturated rings. The Bertz CT molecular complexity index is 486. The number of piperazine rings is 1. The van der Waals surface area contributed by atoms with Gasteiger partial charge in [-0.1, -0.05) is 6.07 Å². The Labute approximate surface area is 144 Å². The van der Waals surface area contributed by atoms with Crippen molar-refractivity contribution in [1.29, 1.82) is 0 Å². The maximum atomic E-state index is 6.23. The predicted octanol–water partition coefficient (Wildman–Crippen LogP) is 1.83. The van der Waals surface area contributed by atoms with E-state index < -0.39 is 0 Å². The molecule has 3 atom stereocenters. The molecule has 0 unspecified atom stereocenters. The molecule has 0 amide bonds. The van der Waals surface area contributed by atoms with E-state index in [1.54, 1.807) is 0 Å². The Kier molecular flexibility index (Phi) is 5.02. The van der Waals surface area contributed by atoms with E-state index in [0.29, 0.717) is 6.10 Å². The van der Waals surface area contributed by atoms with Crippen molar-refractivity contribution in [2.45, 2.75) is 19.1 Å². The Morgan fingerprint density at radius 2 is 2.04 bits per heavy atom. The second kappa shape index (κ2) is 7.19. The van der Waals surface area contributed by atoms with Crippen LogP contribution in [0.15, 0.2) is 17.5 Å². The minimum absolute atomic E-state index is 0.453. The number of ether oxygens (including phenoxy) is 1. The average Bonchev–Trinajstić information content (AvgIpc) is 3.20. The minimum atomic E-state index is 0.453. The highest BCUT2D eigenvalue weighted by Gasteiger charge is 2.41. The zero-order valence-corrected chi connectivity index (χ0v) is 15.0. The second-order valence-corrected chi connectivity index (χ2v) is 8.54. The van der Waals surface area contributed by atoms with Gasteiger partial charge in [-0.3, -0.25) is 9.80 Å². The summed E-state index contributed by atoms with van der Waals surface area (Å²) in [6.45, 7) is 10.5. The monoisotopic (exact) mass is 335 g/mol. The number of thiophene rings is 1. The molecule has 0 spiro atoms. The van der Waals surface area contributed by atoms with Gasteiger partial charge in [-0.05, 0) is 37.4 Å². The number of fused-ring (bicyclic) bond motifs is 1. The summed E-state index contributed by atoms with van der Waals surface area (Å²) >= 11 is 1.89. The van der Waals surface area contributed by atoms with Gasteiger partial charge in [-0.2, -0.15) is 0 Å². The van der Waals surface area contributed by atoms with E-state index in [9.17, 15) is 0 Å². The maximum absolute atomic E-state index is 6.23. The Morgan fingerprint density at radius 3 is 2.83 bits per heavy atom. The number of rotatable bonds is 4. The van der Waals surface area contributed by atoms with Crippen molar-refractivity contribution in [2.24, 2.45) is 11.8 Å². The highest BCUT2D eigenvalue weighted by Crippen LogP contribution is 2.35. The van der Waals surface area contributed by atoms with Crippen LogP contribution in [-0.2, 0) is 11.3 Å². The summed E-state index contributed by atoms with van der Waals surface area (Å²) in [6, 6.07) is 4.44. The molecule has 23 heavy (non-hydrogen) atoms. The lowest BCUT2D eigenvalue weighted by Crippen LogP contribution is -2.49. The van der Waals surface area contributed by atoms with Gasteiger partial charge in [0.2, 0.25) is 0 Å². The van der Waals surface area contributed by atoms with Crippen molar-refractivity contribution < 1.29 is 4.74 Å². The van der Waals surface area contributed by atoms with E-state index in [2.05, 4.69) is 39.3 Å². The Morgan fingerprint density at radius 1 is 1.17 bits per heavy atom. The van der Waals surface area contributed by atoms with Crippen LogP contribution in [0, 0.1) is 11.8 Å². The van der Waals surface area contributed by atoms with Gasteiger partial charge >= 0.3 is 0 Å². The summed E-state index contributed by atoms with van der Waals surface area (Å²) in [5, 5.41) is 2.19. The Balaban J connectivity index is 1.33. The van der Waals surface area contributed by atoms with E-state index in [1.165, 1.54) is 50.6 Å². The minimum Gasteiger partial charge on any atom is -0.376 e. The topological polar surface area (TPSA) is 19.0 Å². The van der Waals surface area contributed by atoms with Crippen molar-refractivity contribution in [2.75, 3.05) is 59.5 Å². The highest BCUT2D eigenvalue weighted by molar-refractivity contribution is 7.09. The molecule has 3 aliphatic heterocycles.